The fourth-order valence-electron chi connectivity index (χ4n) is 3.18. The van der Waals surface area contributed by atoms with Crippen molar-refractivity contribution in [3.63, 3.8) is 0 Å². The molecule has 0 bridgehead atoms. The number of aliphatic imine (C=N–C) groups is 1. The number of nitrogens with zero attached hydrogens (tertiary/aromatic N) is 1. The summed E-state index contributed by atoms with van der Waals surface area (Å²) in [6, 6.07) is 10.0. The molecule has 2 fully saturated rings. The molecule has 1 aromatic carbocycles. The molecule has 7 heteroatoms. The molecule has 0 spiro atoms. The molecule has 6 atom stereocenters. The SMILES string of the molecule is COC1OC2COC(c3ccccc3)OC2C2N=C(SC)SC12. The molecule has 3 heterocycles. The Hall–Kier alpha value is -0.570. The Morgan fingerprint density at radius 2 is 2.09 bits per heavy atom. The lowest BCUT2D eigenvalue weighted by molar-refractivity contribution is -0.314. The minimum absolute atomic E-state index is 0.0428. The number of fused-ring (bicyclic) bond motifs is 3. The van der Waals surface area contributed by atoms with E-state index in [0.717, 1.165) is 9.94 Å². The van der Waals surface area contributed by atoms with Gasteiger partial charge in [0.1, 0.15) is 16.6 Å². The van der Waals surface area contributed by atoms with Crippen molar-refractivity contribution in [1.29, 1.82) is 0 Å². The molecule has 6 unspecified atom stereocenters. The summed E-state index contributed by atoms with van der Waals surface area (Å²) in [5.74, 6) is 0. The number of methoxy groups -OCH3 is 1. The molecular formula is C16H19NO4S2. The Kier molecular flexibility index (Phi) is 4.67. The largest absolute Gasteiger partial charge is 0.355 e. The third-order valence-corrected chi connectivity index (χ3v) is 6.60. The third kappa shape index (κ3) is 2.94. The van der Waals surface area contributed by atoms with Crippen molar-refractivity contribution in [2.45, 2.75) is 36.1 Å². The zero-order valence-electron chi connectivity index (χ0n) is 13.0. The monoisotopic (exact) mass is 353 g/mol. The topological polar surface area (TPSA) is 49.3 Å². The van der Waals surface area contributed by atoms with Gasteiger partial charge in [0.2, 0.25) is 0 Å². The number of hydrogen-bond acceptors (Lipinski definition) is 7. The third-order valence-electron chi connectivity index (χ3n) is 4.28. The molecule has 1 aromatic rings. The standard InChI is InChI=1S/C16H19NO4S2/c1-18-15-13-11(17-16(22-2)23-13)12-10(20-15)8-19-14(21-12)9-6-4-3-5-7-9/h3-7,10-15H,8H2,1-2H3. The Labute approximate surface area is 144 Å². The van der Waals surface area contributed by atoms with Gasteiger partial charge in [-0.1, -0.05) is 42.1 Å². The second kappa shape index (κ2) is 6.74. The van der Waals surface area contributed by atoms with Crippen LogP contribution >= 0.6 is 23.5 Å². The molecule has 4 rings (SSSR count). The van der Waals surface area contributed by atoms with Crippen molar-refractivity contribution in [2.24, 2.45) is 4.99 Å². The average molecular weight is 353 g/mol. The van der Waals surface area contributed by atoms with E-state index in [-0.39, 0.29) is 36.1 Å². The van der Waals surface area contributed by atoms with E-state index >= 15 is 0 Å². The predicted molar refractivity (Wildman–Crippen MR) is 91.8 cm³/mol. The lowest BCUT2D eigenvalue weighted by Gasteiger charge is -2.45. The summed E-state index contributed by atoms with van der Waals surface area (Å²) < 4.78 is 24.8. The van der Waals surface area contributed by atoms with Crippen LogP contribution in [0.4, 0.5) is 0 Å². The van der Waals surface area contributed by atoms with Gasteiger partial charge in [0, 0.05) is 12.7 Å². The van der Waals surface area contributed by atoms with Crippen LogP contribution in [-0.4, -0.2) is 54.1 Å². The Morgan fingerprint density at radius 1 is 1.26 bits per heavy atom. The highest BCUT2D eigenvalue weighted by Crippen LogP contribution is 2.44. The van der Waals surface area contributed by atoms with Crippen LogP contribution in [0.15, 0.2) is 35.3 Å². The van der Waals surface area contributed by atoms with E-state index in [9.17, 15) is 0 Å². The van der Waals surface area contributed by atoms with E-state index in [1.165, 1.54) is 0 Å². The summed E-state index contributed by atoms with van der Waals surface area (Å²) in [5, 5.41) is 0.137. The first-order chi connectivity index (χ1) is 11.3. The quantitative estimate of drug-likeness (QED) is 0.815. The Balaban J connectivity index is 1.57. The second-order valence-electron chi connectivity index (χ2n) is 5.63. The average Bonchev–Trinajstić information content (AvgIpc) is 3.06. The fourth-order valence-corrected chi connectivity index (χ4v) is 5.18. The van der Waals surface area contributed by atoms with Gasteiger partial charge in [0.15, 0.2) is 12.6 Å². The maximum atomic E-state index is 6.24. The number of benzene rings is 1. The summed E-state index contributed by atoms with van der Waals surface area (Å²) in [5.41, 5.74) is 1.02. The summed E-state index contributed by atoms with van der Waals surface area (Å²) in [6.45, 7) is 0.488. The number of ether oxygens (including phenoxy) is 4. The van der Waals surface area contributed by atoms with Crippen molar-refractivity contribution < 1.29 is 18.9 Å². The van der Waals surface area contributed by atoms with Crippen LogP contribution in [0.1, 0.15) is 11.9 Å². The van der Waals surface area contributed by atoms with Crippen molar-refractivity contribution in [2.75, 3.05) is 20.0 Å². The molecule has 2 saturated heterocycles. The van der Waals surface area contributed by atoms with Crippen molar-refractivity contribution in [1.82, 2.24) is 0 Å². The Bertz CT molecular complexity index is 585. The molecule has 0 saturated carbocycles. The molecule has 0 aromatic heterocycles. The van der Waals surface area contributed by atoms with E-state index in [1.54, 1.807) is 30.6 Å². The number of hydrogen-bond donors (Lipinski definition) is 0. The van der Waals surface area contributed by atoms with Crippen molar-refractivity contribution in [3.8, 4) is 0 Å². The molecule has 5 nitrogen and oxygen atoms in total. The molecule has 0 radical (unpaired) electrons. The summed E-state index contributed by atoms with van der Waals surface area (Å²) in [7, 11) is 1.68. The van der Waals surface area contributed by atoms with Gasteiger partial charge in [-0.05, 0) is 6.26 Å². The van der Waals surface area contributed by atoms with Crippen LogP contribution in [0.2, 0.25) is 0 Å². The zero-order valence-corrected chi connectivity index (χ0v) is 14.6. The predicted octanol–water partition coefficient (Wildman–Crippen LogP) is 2.67. The van der Waals surface area contributed by atoms with Gasteiger partial charge >= 0.3 is 0 Å². The molecule has 0 amide bonds. The van der Waals surface area contributed by atoms with Gasteiger partial charge in [-0.15, -0.1) is 11.8 Å². The molecule has 23 heavy (non-hydrogen) atoms. The lowest BCUT2D eigenvalue weighted by atomic mass is 9.97. The zero-order chi connectivity index (χ0) is 15.8. The normalized spacial score (nSPS) is 39.5. The van der Waals surface area contributed by atoms with Crippen LogP contribution < -0.4 is 0 Å². The number of rotatable bonds is 2. The smallest absolute Gasteiger partial charge is 0.184 e. The highest BCUT2D eigenvalue weighted by Gasteiger charge is 2.53. The van der Waals surface area contributed by atoms with Gasteiger partial charge in [0.25, 0.3) is 0 Å². The molecule has 0 aliphatic carbocycles. The van der Waals surface area contributed by atoms with Crippen LogP contribution in [0.25, 0.3) is 0 Å². The van der Waals surface area contributed by atoms with Crippen LogP contribution in [0.3, 0.4) is 0 Å². The number of thioether (sulfide) groups is 2. The lowest BCUT2D eigenvalue weighted by Crippen LogP contribution is -2.59. The van der Waals surface area contributed by atoms with Crippen molar-refractivity contribution >= 4 is 27.9 Å². The van der Waals surface area contributed by atoms with Gasteiger partial charge in [-0.3, -0.25) is 4.99 Å². The minimum Gasteiger partial charge on any atom is -0.355 e. The van der Waals surface area contributed by atoms with E-state index < -0.39 is 0 Å². The van der Waals surface area contributed by atoms with Gasteiger partial charge < -0.3 is 18.9 Å². The van der Waals surface area contributed by atoms with E-state index in [0.29, 0.717) is 6.61 Å². The van der Waals surface area contributed by atoms with Gasteiger partial charge in [-0.2, -0.15) is 0 Å². The van der Waals surface area contributed by atoms with Gasteiger partial charge in [-0.25, -0.2) is 0 Å². The molecule has 3 aliphatic heterocycles. The maximum Gasteiger partial charge on any atom is 0.184 e. The Morgan fingerprint density at radius 3 is 2.83 bits per heavy atom. The maximum absolute atomic E-state index is 6.24. The first kappa shape index (κ1) is 15.9. The summed E-state index contributed by atoms with van der Waals surface area (Å²) in [6.07, 6.45) is 1.15. The van der Waals surface area contributed by atoms with E-state index in [1.807, 2.05) is 36.6 Å². The van der Waals surface area contributed by atoms with E-state index in [2.05, 4.69) is 0 Å². The van der Waals surface area contributed by atoms with Crippen LogP contribution in [0.5, 0.6) is 0 Å². The van der Waals surface area contributed by atoms with Crippen LogP contribution in [-0.2, 0) is 18.9 Å². The second-order valence-corrected chi connectivity index (χ2v) is 7.85. The first-order valence-corrected chi connectivity index (χ1v) is 9.69. The molecule has 124 valence electrons. The highest BCUT2D eigenvalue weighted by atomic mass is 32.2. The molecular weight excluding hydrogens is 334 g/mol. The molecule has 0 N–H and O–H groups in total. The first-order valence-electron chi connectivity index (χ1n) is 7.59. The highest BCUT2D eigenvalue weighted by molar-refractivity contribution is 8.39. The molecule has 3 aliphatic rings. The fraction of sp³-hybridized carbons (Fsp3) is 0.562. The van der Waals surface area contributed by atoms with Crippen LogP contribution in [0, 0.1) is 0 Å². The summed E-state index contributed by atoms with van der Waals surface area (Å²) >= 11 is 3.38. The van der Waals surface area contributed by atoms with Crippen molar-refractivity contribution in [3.05, 3.63) is 35.9 Å². The minimum atomic E-state index is -0.362. The van der Waals surface area contributed by atoms with Gasteiger partial charge in [0.05, 0.1) is 17.9 Å². The van der Waals surface area contributed by atoms with E-state index in [4.69, 9.17) is 23.9 Å². The summed E-state index contributed by atoms with van der Waals surface area (Å²) in [4.78, 5) is 4.84.